The number of amides is 2. The van der Waals surface area contributed by atoms with E-state index in [1.807, 2.05) is 5.38 Å². The van der Waals surface area contributed by atoms with E-state index < -0.39 is 35.2 Å². The maximum atomic E-state index is 14.1. The topological polar surface area (TPSA) is 134 Å². The van der Waals surface area contributed by atoms with Gasteiger partial charge in [-0.2, -0.15) is 0 Å². The fraction of sp³-hybridized carbons (Fsp3) is 0.587. The molecule has 6 bridgehead atoms. The molecule has 3 aromatic heterocycles. The van der Waals surface area contributed by atoms with Crippen LogP contribution in [0.3, 0.4) is 0 Å². The van der Waals surface area contributed by atoms with Crippen molar-refractivity contribution in [2.24, 2.45) is 5.41 Å². The van der Waals surface area contributed by atoms with Gasteiger partial charge < -0.3 is 24.3 Å². The molecule has 2 amide bonds. The Morgan fingerprint density at radius 2 is 1.90 bits per heavy atom. The van der Waals surface area contributed by atoms with Gasteiger partial charge in [0, 0.05) is 78.0 Å². The number of hydrogen-bond donors (Lipinski definition) is 2. The molecule has 0 spiro atoms. The first-order chi connectivity index (χ1) is 28.6. The number of hydrazine groups is 1. The summed E-state index contributed by atoms with van der Waals surface area (Å²) in [5.41, 5.74) is 10.6. The standard InChI is InChI=1S/C46H62N8O5S/c1-9-53-38-15-14-29-20-32(38)34(41(53)33-21-31(24-47-40(33)28(2)3)52-19-18-51-16-10-12-30(51)25-52)23-46(7,8)27-58-43(56)35-13-11-17-54(50-35)42(55)36(22-39-48-37(29)26-60-39)49-44(57)59-45(4,5)6/h14-15,20-21,24,26,28,30,35-36,50H,9-13,16-19,22-23,25,27H2,1-8H3,(H,49,57)/t30-,35+,36+/m1/s1. The van der Waals surface area contributed by atoms with Crippen molar-refractivity contribution in [3.05, 3.63) is 52.1 Å². The third-order valence-corrected chi connectivity index (χ3v) is 13.2. The Kier molecular flexibility index (Phi) is 11.8. The van der Waals surface area contributed by atoms with E-state index in [-0.39, 0.29) is 24.9 Å². The molecule has 3 fully saturated rings. The zero-order valence-corrected chi connectivity index (χ0v) is 37.4. The first-order valence-corrected chi connectivity index (χ1v) is 22.8. The SMILES string of the molecule is CCn1c(-c2cc(N3CCN4CCC[C@@H]4C3)cnc2C(C)C)c2c3cc(ccc31)-c1csc(n1)C[C@H](NC(=O)OC(C)(C)C)C(=O)N1CCC[C@H](N1)C(=O)OCC(C)(C)C2. The van der Waals surface area contributed by atoms with E-state index in [1.54, 1.807) is 20.8 Å². The molecule has 3 saturated heterocycles. The number of hydrogen-bond acceptors (Lipinski definition) is 11. The number of alkyl carbamates (subject to hydrolysis) is 1. The summed E-state index contributed by atoms with van der Waals surface area (Å²) in [5, 5.41) is 8.11. The molecule has 60 heavy (non-hydrogen) atoms. The number of rotatable bonds is 5. The monoisotopic (exact) mass is 838 g/mol. The average molecular weight is 839 g/mol. The summed E-state index contributed by atoms with van der Waals surface area (Å²) < 4.78 is 14.2. The summed E-state index contributed by atoms with van der Waals surface area (Å²) in [4.78, 5) is 56.5. The number of benzene rings is 1. The van der Waals surface area contributed by atoms with Crippen LogP contribution >= 0.6 is 11.3 Å². The molecule has 13 nitrogen and oxygen atoms in total. The van der Waals surface area contributed by atoms with Gasteiger partial charge in [-0.15, -0.1) is 11.3 Å². The molecule has 1 aromatic carbocycles. The van der Waals surface area contributed by atoms with Crippen molar-refractivity contribution in [1.29, 1.82) is 0 Å². The predicted octanol–water partition coefficient (Wildman–Crippen LogP) is 7.31. The van der Waals surface area contributed by atoms with Crippen LogP contribution in [0.25, 0.3) is 33.4 Å². The van der Waals surface area contributed by atoms with Crippen LogP contribution in [-0.2, 0) is 38.4 Å². The Labute approximate surface area is 358 Å². The number of pyridine rings is 1. The number of nitrogens with zero attached hydrogens (tertiary/aromatic N) is 6. The minimum absolute atomic E-state index is 0.158. The molecule has 0 unspecified atom stereocenters. The van der Waals surface area contributed by atoms with Crippen molar-refractivity contribution < 1.29 is 23.9 Å². The van der Waals surface area contributed by atoms with Crippen molar-refractivity contribution in [3.8, 4) is 22.5 Å². The van der Waals surface area contributed by atoms with E-state index in [2.05, 4.69) is 90.2 Å². The Morgan fingerprint density at radius 1 is 1.10 bits per heavy atom. The molecule has 0 radical (unpaired) electrons. The second-order valence-electron chi connectivity index (χ2n) is 19.2. The van der Waals surface area contributed by atoms with Gasteiger partial charge in [-0.1, -0.05) is 33.8 Å². The molecular weight excluding hydrogens is 777 g/mol. The summed E-state index contributed by atoms with van der Waals surface area (Å²) >= 11 is 1.46. The van der Waals surface area contributed by atoms with E-state index >= 15 is 0 Å². The fourth-order valence-electron chi connectivity index (χ4n) is 9.47. The Hall–Kier alpha value is -4.53. The summed E-state index contributed by atoms with van der Waals surface area (Å²) in [7, 11) is 0. The van der Waals surface area contributed by atoms with E-state index in [1.165, 1.54) is 41.3 Å². The molecule has 322 valence electrons. The second-order valence-corrected chi connectivity index (χ2v) is 20.1. The normalized spacial score (nSPS) is 22.8. The maximum absolute atomic E-state index is 14.1. The van der Waals surface area contributed by atoms with Crippen molar-refractivity contribution in [2.45, 2.75) is 130 Å². The Bertz CT molecular complexity index is 2260. The number of ether oxygens (including phenoxy) is 2. The molecule has 4 aliphatic heterocycles. The maximum Gasteiger partial charge on any atom is 0.408 e. The van der Waals surface area contributed by atoms with Crippen LogP contribution in [0.15, 0.2) is 35.8 Å². The van der Waals surface area contributed by atoms with Crippen LogP contribution in [0, 0.1) is 5.41 Å². The minimum Gasteiger partial charge on any atom is -0.464 e. The number of fused-ring (bicyclic) bond motifs is 7. The molecule has 4 aromatic rings. The van der Waals surface area contributed by atoms with Crippen molar-refractivity contribution in [1.82, 2.24) is 35.2 Å². The Morgan fingerprint density at radius 3 is 2.67 bits per heavy atom. The molecule has 4 aliphatic rings. The molecule has 2 N–H and O–H groups in total. The first-order valence-electron chi connectivity index (χ1n) is 21.9. The zero-order chi connectivity index (χ0) is 42.5. The number of piperazine rings is 1. The van der Waals surface area contributed by atoms with Gasteiger partial charge in [0.25, 0.3) is 5.91 Å². The molecule has 0 saturated carbocycles. The van der Waals surface area contributed by atoms with Gasteiger partial charge in [-0.05, 0) is 96.0 Å². The number of carbonyl (C=O) groups excluding carboxylic acids is 3. The van der Waals surface area contributed by atoms with Crippen molar-refractivity contribution in [3.63, 3.8) is 0 Å². The number of aryl methyl sites for hydroxylation is 1. The van der Waals surface area contributed by atoms with Gasteiger partial charge in [0.2, 0.25) is 0 Å². The summed E-state index contributed by atoms with van der Waals surface area (Å²) in [6.45, 7) is 21.9. The third-order valence-electron chi connectivity index (χ3n) is 12.4. The van der Waals surface area contributed by atoms with Crippen molar-refractivity contribution >= 4 is 45.9 Å². The summed E-state index contributed by atoms with van der Waals surface area (Å²) in [6, 6.07) is 7.87. The largest absolute Gasteiger partial charge is 0.464 e. The Balaban J connectivity index is 1.24. The van der Waals surface area contributed by atoms with Crippen molar-refractivity contribution in [2.75, 3.05) is 44.2 Å². The number of aromatic nitrogens is 3. The quantitative estimate of drug-likeness (QED) is 0.197. The second kappa shape index (κ2) is 16.7. The van der Waals surface area contributed by atoms with E-state index in [0.717, 1.165) is 71.0 Å². The van der Waals surface area contributed by atoms with Gasteiger partial charge in [-0.25, -0.2) is 15.2 Å². The number of thiazole rings is 1. The van der Waals surface area contributed by atoms with E-state index in [4.69, 9.17) is 19.4 Å². The van der Waals surface area contributed by atoms with Crippen LogP contribution < -0.4 is 15.6 Å². The van der Waals surface area contributed by atoms with Crippen LogP contribution in [0.4, 0.5) is 10.5 Å². The van der Waals surface area contributed by atoms with Gasteiger partial charge in [0.05, 0.1) is 40.6 Å². The molecule has 0 aliphatic carbocycles. The molecular formula is C46H62N8O5S. The van der Waals surface area contributed by atoms with Gasteiger partial charge in [0.15, 0.2) is 0 Å². The lowest BCUT2D eigenvalue weighted by Crippen LogP contribution is -2.60. The van der Waals surface area contributed by atoms with Crippen LogP contribution in [0.2, 0.25) is 0 Å². The molecule has 14 heteroatoms. The number of esters is 1. The van der Waals surface area contributed by atoms with E-state index in [9.17, 15) is 14.4 Å². The van der Waals surface area contributed by atoms with Crippen LogP contribution in [0.5, 0.6) is 0 Å². The smallest absolute Gasteiger partial charge is 0.408 e. The highest BCUT2D eigenvalue weighted by Crippen LogP contribution is 2.43. The van der Waals surface area contributed by atoms with Gasteiger partial charge in [0.1, 0.15) is 17.7 Å². The van der Waals surface area contributed by atoms with Crippen LogP contribution in [0.1, 0.15) is 103 Å². The lowest BCUT2D eigenvalue weighted by molar-refractivity contribution is -0.155. The third kappa shape index (κ3) is 8.78. The van der Waals surface area contributed by atoms with Gasteiger partial charge >= 0.3 is 12.1 Å². The summed E-state index contributed by atoms with van der Waals surface area (Å²) in [6.07, 6.45) is 5.83. The highest BCUT2D eigenvalue weighted by atomic mass is 32.1. The number of nitrogens with one attached hydrogen (secondary N) is 2. The molecule has 8 rings (SSSR count). The van der Waals surface area contributed by atoms with E-state index in [0.29, 0.717) is 36.9 Å². The first kappa shape index (κ1) is 42.2. The van der Waals surface area contributed by atoms with Crippen LogP contribution in [-0.4, -0.2) is 105 Å². The lowest BCUT2D eigenvalue weighted by atomic mass is 9.84. The number of anilines is 1. The fourth-order valence-corrected chi connectivity index (χ4v) is 10.3. The number of carbonyl (C=O) groups is 3. The predicted molar refractivity (Wildman–Crippen MR) is 236 cm³/mol. The molecule has 3 atom stereocenters. The highest BCUT2D eigenvalue weighted by molar-refractivity contribution is 7.10. The highest BCUT2D eigenvalue weighted by Gasteiger charge is 2.37. The minimum atomic E-state index is -0.976. The van der Waals surface area contributed by atoms with Gasteiger partial charge in [-0.3, -0.25) is 24.5 Å². The summed E-state index contributed by atoms with van der Waals surface area (Å²) in [5.74, 6) is -0.574. The average Bonchev–Trinajstić information content (AvgIpc) is 3.95. The zero-order valence-electron chi connectivity index (χ0n) is 36.6. The molecule has 7 heterocycles. The lowest BCUT2D eigenvalue weighted by Gasteiger charge is -2.39. The number of cyclic esters (lactones) is 1.